The van der Waals surface area contributed by atoms with Gasteiger partial charge in [-0.1, -0.05) is 24.3 Å². The molecule has 0 spiro atoms. The topological polar surface area (TPSA) is 153 Å². The quantitative estimate of drug-likeness (QED) is 0.169. The van der Waals surface area contributed by atoms with Crippen LogP contribution in [0.5, 0.6) is 0 Å². The molecule has 0 bridgehead atoms. The van der Waals surface area contributed by atoms with E-state index in [0.717, 1.165) is 11.1 Å². The molecule has 0 unspecified atom stereocenters. The average Bonchev–Trinajstić information content (AvgIpc) is 2.81. The van der Waals surface area contributed by atoms with E-state index in [-0.39, 0.29) is 57.3 Å². The van der Waals surface area contributed by atoms with Gasteiger partial charge in [0.2, 0.25) is 11.9 Å². The van der Waals surface area contributed by atoms with Crippen molar-refractivity contribution in [2.24, 2.45) is 26.4 Å². The maximum atomic E-state index is 13.1. The van der Waals surface area contributed by atoms with Gasteiger partial charge in [-0.15, -0.1) is 37.8 Å². The fraction of sp³-hybridized carbons (Fsp3) is 0.200. The molecular weight excluding hydrogens is 657 g/mol. The predicted octanol–water partition coefficient (Wildman–Crippen LogP) is 2.33. The molecule has 1 aromatic heterocycles. The highest BCUT2D eigenvalue weighted by Crippen LogP contribution is 2.28. The number of rotatable bonds is 7. The first-order valence-electron chi connectivity index (χ1n) is 11.3. The maximum absolute atomic E-state index is 13.1. The lowest BCUT2D eigenvalue weighted by Gasteiger charge is -2.38. The molecular formula is C25H28Br2FN7O3S. The molecule has 0 saturated carbocycles. The first kappa shape index (κ1) is 31.9. The Balaban J connectivity index is 0.00000267. The summed E-state index contributed by atoms with van der Waals surface area (Å²) < 4.78 is 37.0. The van der Waals surface area contributed by atoms with Crippen LogP contribution < -0.4 is 26.0 Å². The van der Waals surface area contributed by atoms with Gasteiger partial charge in [0.25, 0.3) is 0 Å². The highest BCUT2D eigenvalue weighted by Gasteiger charge is 2.33. The average molecular weight is 685 g/mol. The molecule has 4 rings (SSSR count). The third-order valence-electron chi connectivity index (χ3n) is 5.64. The largest absolute Gasteiger partial charge is 0.858 e. The fourth-order valence-corrected chi connectivity index (χ4v) is 4.48. The molecule has 0 atom stereocenters. The van der Waals surface area contributed by atoms with Crippen molar-refractivity contribution < 1.29 is 22.0 Å². The first-order valence-corrected chi connectivity index (χ1v) is 12.6. The minimum Gasteiger partial charge on any atom is -0.858 e. The van der Waals surface area contributed by atoms with Gasteiger partial charge < -0.3 is 16.6 Å². The Labute approximate surface area is 247 Å². The monoisotopic (exact) mass is 683 g/mol. The summed E-state index contributed by atoms with van der Waals surface area (Å²) in [5, 5.41) is 12.9. The van der Waals surface area contributed by atoms with Crippen LogP contribution in [0.2, 0.25) is 0 Å². The van der Waals surface area contributed by atoms with Gasteiger partial charge in [-0.05, 0) is 55.6 Å². The Bertz CT molecular complexity index is 1530. The van der Waals surface area contributed by atoms with Crippen LogP contribution in [-0.4, -0.2) is 31.9 Å². The molecule has 0 amide bonds. The molecule has 39 heavy (non-hydrogen) atoms. The van der Waals surface area contributed by atoms with E-state index in [2.05, 4.69) is 15.0 Å². The molecule has 10 nitrogen and oxygen atoms in total. The van der Waals surface area contributed by atoms with Crippen molar-refractivity contribution in [2.75, 3.05) is 4.90 Å². The molecule has 0 radical (unpaired) electrons. The van der Waals surface area contributed by atoms with E-state index in [1.807, 2.05) is 42.9 Å². The molecule has 3 aromatic rings. The molecule has 0 aliphatic carbocycles. The van der Waals surface area contributed by atoms with E-state index in [1.54, 1.807) is 41.3 Å². The van der Waals surface area contributed by atoms with Crippen LogP contribution in [0.1, 0.15) is 30.5 Å². The third-order valence-corrected chi connectivity index (χ3v) is 6.47. The third kappa shape index (κ3) is 7.83. The van der Waals surface area contributed by atoms with Crippen molar-refractivity contribution in [3.8, 4) is 0 Å². The Hall–Kier alpha value is -3.36. The summed E-state index contributed by atoms with van der Waals surface area (Å²) in [7, 11) is -4.73. The van der Waals surface area contributed by atoms with Crippen molar-refractivity contribution in [3.63, 3.8) is 0 Å². The lowest BCUT2D eigenvalue weighted by molar-refractivity contribution is -0.688. The number of anilines is 1. The Morgan fingerprint density at radius 2 is 1.77 bits per heavy atom. The van der Waals surface area contributed by atoms with E-state index in [0.29, 0.717) is 17.8 Å². The number of pyridine rings is 1. The summed E-state index contributed by atoms with van der Waals surface area (Å²) in [6, 6.07) is 16.1. The van der Waals surface area contributed by atoms with Crippen LogP contribution in [0.4, 0.5) is 9.57 Å². The van der Waals surface area contributed by atoms with E-state index < -0.39 is 21.8 Å². The number of aliphatic imine (C=N–C) groups is 3. The summed E-state index contributed by atoms with van der Waals surface area (Å²) in [4.78, 5) is 13.9. The van der Waals surface area contributed by atoms with E-state index >= 15 is 0 Å². The van der Waals surface area contributed by atoms with Gasteiger partial charge >= 0.3 is 10.2 Å². The van der Waals surface area contributed by atoms with E-state index in [1.165, 1.54) is 12.1 Å². The minimum atomic E-state index is -4.73. The molecule has 0 fully saturated rings. The van der Waals surface area contributed by atoms with Gasteiger partial charge in [0.15, 0.2) is 18.9 Å². The lowest BCUT2D eigenvalue weighted by Crippen LogP contribution is -2.54. The number of aromatic nitrogens is 1. The number of hydrogen-bond donors (Lipinski definition) is 2. The highest BCUT2D eigenvalue weighted by atomic mass is 79.9. The molecule has 2 aromatic carbocycles. The normalized spacial score (nSPS) is 14.9. The summed E-state index contributed by atoms with van der Waals surface area (Å²) in [5.41, 5.74) is 13.7. The number of guanidine groups is 2. The number of benzene rings is 2. The van der Waals surface area contributed by atoms with Crippen LogP contribution in [0.15, 0.2) is 92.9 Å². The molecule has 14 heteroatoms. The second-order valence-electron chi connectivity index (χ2n) is 8.91. The minimum absolute atomic E-state index is 0. The number of nitrogens with zero attached hydrogens (tertiary/aromatic N) is 5. The maximum Gasteiger partial charge on any atom is 0.332 e. The zero-order valence-electron chi connectivity index (χ0n) is 21.1. The van der Waals surface area contributed by atoms with Crippen LogP contribution >= 0.6 is 34.0 Å². The van der Waals surface area contributed by atoms with Crippen molar-refractivity contribution in [2.45, 2.75) is 37.5 Å². The summed E-state index contributed by atoms with van der Waals surface area (Å²) in [6.45, 7) is 4.26. The second kappa shape index (κ2) is 12.7. The number of halogens is 3. The van der Waals surface area contributed by atoms with Gasteiger partial charge in [-0.3, -0.25) is 9.89 Å². The van der Waals surface area contributed by atoms with Crippen molar-refractivity contribution >= 4 is 67.7 Å². The van der Waals surface area contributed by atoms with Crippen LogP contribution in [0.25, 0.3) is 0 Å². The van der Waals surface area contributed by atoms with Gasteiger partial charge in [0, 0.05) is 22.9 Å². The zero-order chi connectivity index (χ0) is 26.8. The number of hydrogen-bond acceptors (Lipinski definition) is 9. The summed E-state index contributed by atoms with van der Waals surface area (Å²) >= 11 is 0. The van der Waals surface area contributed by atoms with Gasteiger partial charge in [0.1, 0.15) is 5.66 Å². The Morgan fingerprint density at radius 1 is 1.08 bits per heavy atom. The summed E-state index contributed by atoms with van der Waals surface area (Å²) in [5.74, 6) is -0.131. The van der Waals surface area contributed by atoms with Crippen molar-refractivity contribution in [1.82, 2.24) is 0 Å². The van der Waals surface area contributed by atoms with E-state index in [9.17, 15) is 17.4 Å². The van der Waals surface area contributed by atoms with Crippen LogP contribution in [0, 0.1) is 0 Å². The SMILES string of the molecule is Br.Br.CC1(C)N=C(N)N=C(N)N1c1cccc(C([O-])=NCc2ccc[n+](Cc3ccc(S(=O)(=O)F)cc3)c2)c1. The fourth-order valence-electron chi connectivity index (χ4n) is 4.02. The molecule has 208 valence electrons. The first-order chi connectivity index (χ1) is 17.4. The summed E-state index contributed by atoms with van der Waals surface area (Å²) in [6.07, 6.45) is 3.67. The van der Waals surface area contributed by atoms with Gasteiger partial charge in [-0.25, -0.2) is 9.56 Å². The number of nitrogens with two attached hydrogens (primary N) is 2. The van der Waals surface area contributed by atoms with Crippen LogP contribution in [-0.2, 0) is 23.3 Å². The molecule has 0 saturated heterocycles. The van der Waals surface area contributed by atoms with Crippen molar-refractivity contribution in [1.29, 1.82) is 0 Å². The Kier molecular flexibility index (Phi) is 10.3. The molecule has 4 N–H and O–H groups in total. The molecule has 1 aliphatic heterocycles. The lowest BCUT2D eigenvalue weighted by atomic mass is 10.1. The predicted molar refractivity (Wildman–Crippen MR) is 158 cm³/mol. The smallest absolute Gasteiger partial charge is 0.332 e. The molecule has 2 heterocycles. The van der Waals surface area contributed by atoms with Gasteiger partial charge in [-0.2, -0.15) is 13.4 Å². The second-order valence-corrected chi connectivity index (χ2v) is 10.3. The van der Waals surface area contributed by atoms with Crippen LogP contribution in [0.3, 0.4) is 0 Å². The Morgan fingerprint density at radius 3 is 2.41 bits per heavy atom. The standard InChI is InChI=1S/C25H26FN7O3S.2BrH/c1-25(2)31-23(27)30-24(28)33(25)20-7-3-6-19(13-20)22(34)29-14-18-5-4-12-32(16-18)15-17-8-10-21(11-9-17)37(26,35)36;;/h3-13,16H,14-15H2,1-2H3,(H4-,27,28,29,30,31,34);2*1H. The van der Waals surface area contributed by atoms with Crippen molar-refractivity contribution in [3.05, 3.63) is 89.7 Å². The highest BCUT2D eigenvalue weighted by molar-refractivity contribution is 8.93. The van der Waals surface area contributed by atoms with E-state index in [4.69, 9.17) is 11.5 Å². The zero-order valence-corrected chi connectivity index (χ0v) is 25.3. The molecule has 1 aliphatic rings. The van der Waals surface area contributed by atoms with Gasteiger partial charge in [0.05, 0.1) is 11.4 Å².